The van der Waals surface area contributed by atoms with Crippen LogP contribution in [-0.2, 0) is 16.6 Å². The summed E-state index contributed by atoms with van der Waals surface area (Å²) in [6, 6.07) is 3.65. The predicted octanol–water partition coefficient (Wildman–Crippen LogP) is 3.00. The van der Waals surface area contributed by atoms with E-state index in [0.717, 1.165) is 20.1 Å². The molecule has 0 aliphatic heterocycles. The van der Waals surface area contributed by atoms with Crippen LogP contribution in [0.1, 0.15) is 22.7 Å². The van der Waals surface area contributed by atoms with Gasteiger partial charge in [-0.2, -0.15) is 5.10 Å². The Labute approximate surface area is 137 Å². The number of sulfonamides is 1. The highest BCUT2D eigenvalue weighted by Gasteiger charge is 2.18. The van der Waals surface area contributed by atoms with Gasteiger partial charge in [-0.05, 0) is 55.3 Å². The lowest BCUT2D eigenvalue weighted by atomic mass is 10.4. The molecule has 0 saturated heterocycles. The van der Waals surface area contributed by atoms with E-state index in [0.29, 0.717) is 24.4 Å². The van der Waals surface area contributed by atoms with Crippen LogP contribution in [0, 0.1) is 20.8 Å². The van der Waals surface area contributed by atoms with E-state index in [9.17, 15) is 8.42 Å². The van der Waals surface area contributed by atoms with Gasteiger partial charge >= 0.3 is 0 Å². The number of hydrogen-bond acceptors (Lipinski definition) is 4. The largest absolute Gasteiger partial charge is 0.270 e. The van der Waals surface area contributed by atoms with Crippen LogP contribution < -0.4 is 4.72 Å². The first kappa shape index (κ1) is 16.7. The maximum atomic E-state index is 12.2. The Balaban J connectivity index is 1.91. The maximum Gasteiger partial charge on any atom is 0.241 e. The highest BCUT2D eigenvalue weighted by Crippen LogP contribution is 2.29. The Hall–Kier alpha value is -0.700. The van der Waals surface area contributed by atoms with Crippen LogP contribution >= 0.6 is 27.3 Å². The zero-order valence-electron chi connectivity index (χ0n) is 12.2. The van der Waals surface area contributed by atoms with Gasteiger partial charge in [0.05, 0.1) is 14.4 Å². The van der Waals surface area contributed by atoms with E-state index in [4.69, 9.17) is 0 Å². The fourth-order valence-electron chi connectivity index (χ4n) is 2.11. The second kappa shape index (κ2) is 6.60. The number of thiophene rings is 1. The molecule has 0 aromatic carbocycles. The Morgan fingerprint density at radius 1 is 1.33 bits per heavy atom. The van der Waals surface area contributed by atoms with Crippen LogP contribution in [0.15, 0.2) is 20.8 Å². The highest BCUT2D eigenvalue weighted by atomic mass is 79.9. The summed E-state index contributed by atoms with van der Waals surface area (Å²) in [6.07, 6.45) is 0.700. The summed E-state index contributed by atoms with van der Waals surface area (Å²) in [6.45, 7) is 6.85. The molecule has 0 aliphatic carbocycles. The van der Waals surface area contributed by atoms with E-state index in [1.54, 1.807) is 13.0 Å². The Bertz CT molecular complexity index is 735. The third-order valence-corrected chi connectivity index (χ3v) is 6.34. The fraction of sp³-hybridized carbons (Fsp3) is 0.462. The van der Waals surface area contributed by atoms with Crippen LogP contribution in [-0.4, -0.2) is 24.7 Å². The molecule has 21 heavy (non-hydrogen) atoms. The summed E-state index contributed by atoms with van der Waals surface area (Å²) in [7, 11) is -3.43. The highest BCUT2D eigenvalue weighted by molar-refractivity contribution is 9.11. The number of rotatable bonds is 6. The second-order valence-electron chi connectivity index (χ2n) is 4.87. The second-order valence-corrected chi connectivity index (χ2v) is 9.24. The average molecular weight is 392 g/mol. The zero-order chi connectivity index (χ0) is 15.6. The molecule has 0 bridgehead atoms. The molecule has 0 unspecified atom stereocenters. The van der Waals surface area contributed by atoms with Gasteiger partial charge in [0.1, 0.15) is 0 Å². The van der Waals surface area contributed by atoms with E-state index in [2.05, 4.69) is 25.8 Å². The molecule has 8 heteroatoms. The van der Waals surface area contributed by atoms with Crippen molar-refractivity contribution in [2.75, 3.05) is 6.54 Å². The number of aryl methyl sites for hydroxylation is 4. The van der Waals surface area contributed by atoms with Gasteiger partial charge in [-0.1, -0.05) is 0 Å². The number of aromatic nitrogens is 2. The molecule has 2 aromatic rings. The van der Waals surface area contributed by atoms with Crippen LogP contribution in [0.4, 0.5) is 0 Å². The lowest BCUT2D eigenvalue weighted by molar-refractivity contribution is 0.544. The molecule has 5 nitrogen and oxygen atoms in total. The number of halogens is 1. The summed E-state index contributed by atoms with van der Waals surface area (Å²) >= 11 is 4.73. The molecular weight excluding hydrogens is 374 g/mol. The van der Waals surface area contributed by atoms with Crippen molar-refractivity contribution in [3.05, 3.63) is 32.2 Å². The molecule has 0 fully saturated rings. The van der Waals surface area contributed by atoms with Gasteiger partial charge in [-0.3, -0.25) is 4.68 Å². The molecule has 0 amide bonds. The first-order chi connectivity index (χ1) is 9.79. The first-order valence-corrected chi connectivity index (χ1v) is 9.65. The van der Waals surface area contributed by atoms with Gasteiger partial charge in [0.25, 0.3) is 0 Å². The molecular formula is C13H18BrN3O2S2. The minimum atomic E-state index is -3.43. The number of nitrogens with zero attached hydrogens (tertiary/aromatic N) is 2. The van der Waals surface area contributed by atoms with Crippen LogP contribution in [0.5, 0.6) is 0 Å². The molecule has 0 atom stereocenters. The van der Waals surface area contributed by atoms with Gasteiger partial charge in [0.15, 0.2) is 0 Å². The molecule has 0 saturated carbocycles. The van der Waals surface area contributed by atoms with Crippen molar-refractivity contribution in [2.45, 2.75) is 38.6 Å². The lowest BCUT2D eigenvalue weighted by Gasteiger charge is -2.07. The first-order valence-electron chi connectivity index (χ1n) is 6.56. The van der Waals surface area contributed by atoms with Gasteiger partial charge in [-0.25, -0.2) is 13.1 Å². The summed E-state index contributed by atoms with van der Waals surface area (Å²) in [5.41, 5.74) is 2.07. The van der Waals surface area contributed by atoms with Gasteiger partial charge < -0.3 is 0 Å². The van der Waals surface area contributed by atoms with E-state index in [1.807, 2.05) is 24.6 Å². The average Bonchev–Trinajstić information content (AvgIpc) is 2.87. The van der Waals surface area contributed by atoms with E-state index < -0.39 is 10.0 Å². The van der Waals surface area contributed by atoms with Crippen molar-refractivity contribution in [1.82, 2.24) is 14.5 Å². The smallest absolute Gasteiger partial charge is 0.241 e. The van der Waals surface area contributed by atoms with E-state index >= 15 is 0 Å². The summed E-state index contributed by atoms with van der Waals surface area (Å²) in [5, 5.41) is 4.35. The van der Waals surface area contributed by atoms with Gasteiger partial charge in [0, 0.05) is 23.7 Å². The summed E-state index contributed by atoms with van der Waals surface area (Å²) < 4.78 is 29.8. The molecule has 0 spiro atoms. The van der Waals surface area contributed by atoms with Crippen LogP contribution in [0.2, 0.25) is 0 Å². The minimum Gasteiger partial charge on any atom is -0.270 e. The van der Waals surface area contributed by atoms with Crippen LogP contribution in [0.25, 0.3) is 0 Å². The Morgan fingerprint density at radius 2 is 2.05 bits per heavy atom. The maximum absolute atomic E-state index is 12.2. The lowest BCUT2D eigenvalue weighted by Crippen LogP contribution is -2.26. The van der Waals surface area contributed by atoms with Gasteiger partial charge in [0.2, 0.25) is 10.0 Å². The Morgan fingerprint density at radius 3 is 2.57 bits per heavy atom. The molecule has 2 heterocycles. The number of nitrogens with one attached hydrogen (secondary N) is 1. The fourth-order valence-corrected chi connectivity index (χ4v) is 5.60. The molecule has 0 aliphatic rings. The molecule has 2 rings (SSSR count). The monoisotopic (exact) mass is 391 g/mol. The molecule has 2 aromatic heterocycles. The van der Waals surface area contributed by atoms with E-state index in [1.165, 1.54) is 11.3 Å². The van der Waals surface area contributed by atoms with Crippen molar-refractivity contribution in [3.63, 3.8) is 0 Å². The third-order valence-electron chi connectivity index (χ3n) is 3.07. The van der Waals surface area contributed by atoms with E-state index in [-0.39, 0.29) is 0 Å². The topological polar surface area (TPSA) is 64.0 Å². The predicted molar refractivity (Wildman–Crippen MR) is 88.3 cm³/mol. The molecule has 0 radical (unpaired) electrons. The number of hydrogen-bond donors (Lipinski definition) is 1. The summed E-state index contributed by atoms with van der Waals surface area (Å²) in [5.74, 6) is 0. The van der Waals surface area contributed by atoms with Crippen molar-refractivity contribution in [2.24, 2.45) is 0 Å². The zero-order valence-corrected chi connectivity index (χ0v) is 15.4. The normalized spacial score (nSPS) is 12.0. The summed E-state index contributed by atoms with van der Waals surface area (Å²) in [4.78, 5) is 1.14. The van der Waals surface area contributed by atoms with Crippen molar-refractivity contribution in [3.8, 4) is 0 Å². The standard InChI is InChI=1S/C13H18BrN3O2S2/c1-9-7-10(2)17(16-9)6-4-5-15-21(18,19)12-8-13(14)20-11(12)3/h7-8,15H,4-6H2,1-3H3. The quantitative estimate of drug-likeness (QED) is 0.769. The third kappa shape index (κ3) is 4.15. The Kier molecular flexibility index (Phi) is 5.24. The van der Waals surface area contributed by atoms with Crippen molar-refractivity contribution < 1.29 is 8.42 Å². The SMILES string of the molecule is Cc1cc(C)n(CCCNS(=O)(=O)c2cc(Br)sc2C)n1. The van der Waals surface area contributed by atoms with Crippen molar-refractivity contribution >= 4 is 37.3 Å². The molecule has 116 valence electrons. The minimum absolute atomic E-state index is 0.352. The van der Waals surface area contributed by atoms with Crippen molar-refractivity contribution in [1.29, 1.82) is 0 Å². The molecule has 1 N–H and O–H groups in total. The van der Waals surface area contributed by atoms with Crippen LogP contribution in [0.3, 0.4) is 0 Å². The van der Waals surface area contributed by atoms with Gasteiger partial charge in [-0.15, -0.1) is 11.3 Å².